The highest BCUT2D eigenvalue weighted by Gasteiger charge is 2.12. The number of anilines is 1. The Labute approximate surface area is 119 Å². The van der Waals surface area contributed by atoms with Gasteiger partial charge in [-0.05, 0) is 42.3 Å². The van der Waals surface area contributed by atoms with Gasteiger partial charge in [-0.15, -0.1) is 0 Å². The fourth-order valence-corrected chi connectivity index (χ4v) is 2.32. The van der Waals surface area contributed by atoms with Gasteiger partial charge in [0.05, 0.1) is 6.04 Å². The van der Waals surface area contributed by atoms with Crippen LogP contribution in [0.1, 0.15) is 24.1 Å². The van der Waals surface area contributed by atoms with Gasteiger partial charge >= 0.3 is 0 Å². The zero-order valence-corrected chi connectivity index (χ0v) is 12.1. The van der Waals surface area contributed by atoms with Crippen molar-refractivity contribution in [3.05, 3.63) is 64.7 Å². The molecule has 2 aromatic rings. The lowest BCUT2D eigenvalue weighted by molar-refractivity contribution is 0.739. The van der Waals surface area contributed by atoms with Crippen molar-refractivity contribution in [2.75, 3.05) is 11.9 Å². The van der Waals surface area contributed by atoms with E-state index in [4.69, 9.17) is 17.3 Å². The average Bonchev–Trinajstić information content (AvgIpc) is 2.45. The van der Waals surface area contributed by atoms with Crippen LogP contribution < -0.4 is 10.6 Å². The molecule has 0 aliphatic heterocycles. The van der Waals surface area contributed by atoms with E-state index in [1.54, 1.807) is 0 Å². The molecule has 19 heavy (non-hydrogen) atoms. The molecule has 2 nitrogen and oxygen atoms in total. The van der Waals surface area contributed by atoms with E-state index in [1.807, 2.05) is 30.3 Å². The molecule has 0 amide bonds. The van der Waals surface area contributed by atoms with E-state index < -0.39 is 0 Å². The Morgan fingerprint density at radius 3 is 2.58 bits per heavy atom. The first-order valence-corrected chi connectivity index (χ1v) is 6.77. The Morgan fingerprint density at radius 1 is 1.16 bits per heavy atom. The SMILES string of the molecule is CC(c1cccc(Cl)c1)N(C)c1cccc(CN)c1. The van der Waals surface area contributed by atoms with Crippen molar-refractivity contribution in [3.8, 4) is 0 Å². The summed E-state index contributed by atoms with van der Waals surface area (Å²) in [7, 11) is 2.08. The minimum absolute atomic E-state index is 0.256. The number of nitrogens with two attached hydrogens (primary N) is 1. The minimum Gasteiger partial charge on any atom is -0.368 e. The second-order valence-corrected chi connectivity index (χ2v) is 5.15. The van der Waals surface area contributed by atoms with Crippen molar-refractivity contribution >= 4 is 17.3 Å². The Morgan fingerprint density at radius 2 is 1.89 bits per heavy atom. The summed E-state index contributed by atoms with van der Waals surface area (Å²) in [6.45, 7) is 2.73. The van der Waals surface area contributed by atoms with Gasteiger partial charge in [0.2, 0.25) is 0 Å². The number of rotatable bonds is 4. The summed E-state index contributed by atoms with van der Waals surface area (Å²) in [5, 5.41) is 0.772. The molecule has 0 bridgehead atoms. The highest BCUT2D eigenvalue weighted by molar-refractivity contribution is 6.30. The van der Waals surface area contributed by atoms with Crippen LogP contribution in [0.2, 0.25) is 5.02 Å². The van der Waals surface area contributed by atoms with Crippen LogP contribution in [0.25, 0.3) is 0 Å². The predicted octanol–water partition coefficient (Wildman–Crippen LogP) is 4.00. The molecule has 0 spiro atoms. The van der Waals surface area contributed by atoms with E-state index in [1.165, 1.54) is 5.56 Å². The van der Waals surface area contributed by atoms with Gasteiger partial charge in [0, 0.05) is 24.3 Å². The fraction of sp³-hybridized carbons (Fsp3) is 0.250. The Kier molecular flexibility index (Phi) is 4.46. The van der Waals surface area contributed by atoms with Crippen LogP contribution in [0.3, 0.4) is 0 Å². The van der Waals surface area contributed by atoms with Crippen LogP contribution >= 0.6 is 11.6 Å². The fourth-order valence-electron chi connectivity index (χ4n) is 2.12. The summed E-state index contributed by atoms with van der Waals surface area (Å²) in [4.78, 5) is 2.23. The molecular formula is C16H19ClN2. The van der Waals surface area contributed by atoms with Crippen LogP contribution in [0.5, 0.6) is 0 Å². The van der Waals surface area contributed by atoms with Crippen molar-refractivity contribution in [2.45, 2.75) is 19.5 Å². The van der Waals surface area contributed by atoms with E-state index in [0.717, 1.165) is 16.3 Å². The molecule has 0 saturated heterocycles. The van der Waals surface area contributed by atoms with Gasteiger partial charge in [0.1, 0.15) is 0 Å². The first-order chi connectivity index (χ1) is 9.11. The molecule has 0 aliphatic carbocycles. The van der Waals surface area contributed by atoms with Crippen LogP contribution in [0, 0.1) is 0 Å². The molecule has 0 heterocycles. The zero-order chi connectivity index (χ0) is 13.8. The molecule has 0 aromatic heterocycles. The molecule has 0 saturated carbocycles. The molecule has 1 unspecified atom stereocenters. The molecule has 0 aliphatic rings. The van der Waals surface area contributed by atoms with Crippen molar-refractivity contribution in [1.29, 1.82) is 0 Å². The van der Waals surface area contributed by atoms with Crippen molar-refractivity contribution < 1.29 is 0 Å². The number of hydrogen-bond acceptors (Lipinski definition) is 2. The Balaban J connectivity index is 2.25. The lowest BCUT2D eigenvalue weighted by Gasteiger charge is -2.28. The van der Waals surface area contributed by atoms with E-state index in [-0.39, 0.29) is 6.04 Å². The van der Waals surface area contributed by atoms with Crippen LogP contribution in [0.15, 0.2) is 48.5 Å². The maximum absolute atomic E-state index is 6.05. The summed E-state index contributed by atoms with van der Waals surface area (Å²) in [5.74, 6) is 0. The van der Waals surface area contributed by atoms with Crippen molar-refractivity contribution in [3.63, 3.8) is 0 Å². The van der Waals surface area contributed by atoms with Gasteiger partial charge in [0.25, 0.3) is 0 Å². The quantitative estimate of drug-likeness (QED) is 0.913. The lowest BCUT2D eigenvalue weighted by Crippen LogP contribution is -2.21. The van der Waals surface area contributed by atoms with Crippen molar-refractivity contribution in [1.82, 2.24) is 0 Å². The standard InChI is InChI=1S/C16H19ClN2/c1-12(14-6-4-7-15(17)10-14)19(2)16-8-3-5-13(9-16)11-18/h3-10,12H,11,18H2,1-2H3. The maximum atomic E-state index is 6.05. The third kappa shape index (κ3) is 3.28. The molecule has 3 heteroatoms. The third-order valence-corrected chi connectivity index (χ3v) is 3.70. The van der Waals surface area contributed by atoms with Crippen LogP contribution in [0.4, 0.5) is 5.69 Å². The molecule has 2 aromatic carbocycles. The van der Waals surface area contributed by atoms with E-state index in [2.05, 4.69) is 37.1 Å². The van der Waals surface area contributed by atoms with Gasteiger partial charge in [-0.2, -0.15) is 0 Å². The van der Waals surface area contributed by atoms with E-state index >= 15 is 0 Å². The molecule has 0 fully saturated rings. The lowest BCUT2D eigenvalue weighted by atomic mass is 10.1. The molecule has 2 rings (SSSR count). The third-order valence-electron chi connectivity index (χ3n) is 3.47. The number of benzene rings is 2. The monoisotopic (exact) mass is 274 g/mol. The highest BCUT2D eigenvalue weighted by atomic mass is 35.5. The molecule has 2 N–H and O–H groups in total. The summed E-state index contributed by atoms with van der Waals surface area (Å²) >= 11 is 6.05. The molecule has 100 valence electrons. The van der Waals surface area contributed by atoms with Gasteiger partial charge in [0.15, 0.2) is 0 Å². The van der Waals surface area contributed by atoms with E-state index in [0.29, 0.717) is 6.54 Å². The zero-order valence-electron chi connectivity index (χ0n) is 11.3. The average molecular weight is 275 g/mol. The van der Waals surface area contributed by atoms with Gasteiger partial charge < -0.3 is 10.6 Å². The Bertz CT molecular complexity index is 554. The normalized spacial score (nSPS) is 12.2. The number of halogens is 1. The molecular weight excluding hydrogens is 256 g/mol. The summed E-state index contributed by atoms with van der Waals surface area (Å²) < 4.78 is 0. The molecule has 1 atom stereocenters. The summed E-state index contributed by atoms with van der Waals surface area (Å²) in [6, 6.07) is 16.5. The second-order valence-electron chi connectivity index (χ2n) is 4.72. The van der Waals surface area contributed by atoms with Crippen LogP contribution in [-0.2, 0) is 6.54 Å². The first kappa shape index (κ1) is 13.9. The predicted molar refractivity (Wildman–Crippen MR) is 82.6 cm³/mol. The summed E-state index contributed by atoms with van der Waals surface area (Å²) in [6.07, 6.45) is 0. The largest absolute Gasteiger partial charge is 0.368 e. The maximum Gasteiger partial charge on any atom is 0.0511 e. The Hall–Kier alpha value is -1.51. The minimum atomic E-state index is 0.256. The van der Waals surface area contributed by atoms with Crippen molar-refractivity contribution in [2.24, 2.45) is 5.73 Å². The highest BCUT2D eigenvalue weighted by Crippen LogP contribution is 2.27. The van der Waals surface area contributed by atoms with Gasteiger partial charge in [-0.3, -0.25) is 0 Å². The summed E-state index contributed by atoms with van der Waals surface area (Å²) in [5.41, 5.74) is 9.20. The van der Waals surface area contributed by atoms with Crippen LogP contribution in [-0.4, -0.2) is 7.05 Å². The smallest absolute Gasteiger partial charge is 0.0511 e. The van der Waals surface area contributed by atoms with Gasteiger partial charge in [-0.25, -0.2) is 0 Å². The van der Waals surface area contributed by atoms with Gasteiger partial charge in [-0.1, -0.05) is 35.9 Å². The number of nitrogens with zero attached hydrogens (tertiary/aromatic N) is 1. The molecule has 0 radical (unpaired) electrons. The first-order valence-electron chi connectivity index (χ1n) is 6.39. The second kappa shape index (κ2) is 6.09. The number of hydrogen-bond donors (Lipinski definition) is 1. The van der Waals surface area contributed by atoms with E-state index in [9.17, 15) is 0 Å². The topological polar surface area (TPSA) is 29.3 Å².